The van der Waals surface area contributed by atoms with Gasteiger partial charge < -0.3 is 14.6 Å². The maximum Gasteiger partial charge on any atom is 0.162 e. The number of aliphatic hydroxyl groups is 1. The van der Waals surface area contributed by atoms with Crippen LogP contribution in [-0.2, 0) is 6.42 Å². The minimum absolute atomic E-state index is 0.388. The Balaban J connectivity index is 1.87. The van der Waals surface area contributed by atoms with Gasteiger partial charge >= 0.3 is 0 Å². The van der Waals surface area contributed by atoms with E-state index in [0.717, 1.165) is 5.56 Å². The summed E-state index contributed by atoms with van der Waals surface area (Å²) in [5, 5.41) is 11.5. The highest BCUT2D eigenvalue weighted by atomic mass is 35.5. The van der Waals surface area contributed by atoms with Gasteiger partial charge in [0.1, 0.15) is 13.2 Å². The maximum absolute atomic E-state index is 10.4. The van der Waals surface area contributed by atoms with Crippen molar-refractivity contribution in [3.05, 3.63) is 57.6 Å². The second-order valence-corrected chi connectivity index (χ2v) is 5.64. The van der Waals surface area contributed by atoms with Crippen LogP contribution in [-0.4, -0.2) is 18.3 Å². The molecule has 0 spiro atoms. The van der Waals surface area contributed by atoms with Gasteiger partial charge in [0.05, 0.1) is 11.1 Å². The molecule has 0 aliphatic carbocycles. The summed E-state index contributed by atoms with van der Waals surface area (Å²) < 4.78 is 11.0. The summed E-state index contributed by atoms with van der Waals surface area (Å²) in [6, 6.07) is 10.8. The molecule has 0 fully saturated rings. The Morgan fingerprint density at radius 2 is 1.67 bits per heavy atom. The molecule has 0 saturated heterocycles. The van der Waals surface area contributed by atoms with E-state index in [2.05, 4.69) is 0 Å². The molecule has 21 heavy (non-hydrogen) atoms. The molecule has 1 unspecified atom stereocenters. The lowest BCUT2D eigenvalue weighted by Gasteiger charge is -2.21. The van der Waals surface area contributed by atoms with Crippen molar-refractivity contribution in [1.29, 1.82) is 0 Å². The number of hydrogen-bond acceptors (Lipinski definition) is 3. The lowest BCUT2D eigenvalue weighted by molar-refractivity contribution is 0.164. The molecule has 0 aromatic heterocycles. The maximum atomic E-state index is 10.4. The predicted octanol–water partition coefficient (Wildman–Crippen LogP) is 4.04. The first-order valence-electron chi connectivity index (χ1n) is 6.65. The van der Waals surface area contributed by atoms with Crippen molar-refractivity contribution >= 4 is 23.2 Å². The molecule has 5 heteroatoms. The van der Waals surface area contributed by atoms with Crippen LogP contribution in [0.4, 0.5) is 0 Å². The van der Waals surface area contributed by atoms with Crippen molar-refractivity contribution in [1.82, 2.24) is 0 Å². The summed E-state index contributed by atoms with van der Waals surface area (Å²) in [6.07, 6.45) is -0.368. The Morgan fingerprint density at radius 1 is 1.00 bits per heavy atom. The molecule has 1 aliphatic rings. The lowest BCUT2D eigenvalue weighted by atomic mass is 10.0. The SMILES string of the molecule is OC(Cc1ccccc1Cl)c1cc2c(cc1Cl)OCCO2. The quantitative estimate of drug-likeness (QED) is 0.926. The fraction of sp³-hybridized carbons (Fsp3) is 0.250. The molecular formula is C16H14Cl2O3. The second-order valence-electron chi connectivity index (χ2n) is 4.83. The van der Waals surface area contributed by atoms with Crippen LogP contribution in [0.15, 0.2) is 36.4 Å². The van der Waals surface area contributed by atoms with Gasteiger partial charge in [0, 0.05) is 23.1 Å². The van der Waals surface area contributed by atoms with Crippen LogP contribution in [0.1, 0.15) is 17.2 Å². The number of ether oxygens (including phenoxy) is 2. The normalized spacial score (nSPS) is 14.8. The first kappa shape index (κ1) is 14.5. The molecule has 1 atom stereocenters. The summed E-state index contributed by atoms with van der Waals surface area (Å²) in [7, 11) is 0. The average Bonchev–Trinajstić information content (AvgIpc) is 2.49. The van der Waals surface area contributed by atoms with Crippen LogP contribution in [0.5, 0.6) is 11.5 Å². The molecule has 1 heterocycles. The van der Waals surface area contributed by atoms with Crippen molar-refractivity contribution < 1.29 is 14.6 Å². The van der Waals surface area contributed by atoms with Gasteiger partial charge in [-0.25, -0.2) is 0 Å². The Labute approximate surface area is 133 Å². The van der Waals surface area contributed by atoms with Crippen LogP contribution in [0.3, 0.4) is 0 Å². The van der Waals surface area contributed by atoms with Gasteiger partial charge in [-0.3, -0.25) is 0 Å². The van der Waals surface area contributed by atoms with Crippen molar-refractivity contribution in [3.8, 4) is 11.5 Å². The van der Waals surface area contributed by atoms with Crippen molar-refractivity contribution in [2.75, 3.05) is 13.2 Å². The highest BCUT2D eigenvalue weighted by molar-refractivity contribution is 6.32. The van der Waals surface area contributed by atoms with E-state index >= 15 is 0 Å². The van der Waals surface area contributed by atoms with Gasteiger partial charge in [-0.05, 0) is 17.7 Å². The molecule has 1 N–H and O–H groups in total. The van der Waals surface area contributed by atoms with E-state index in [0.29, 0.717) is 46.7 Å². The highest BCUT2D eigenvalue weighted by Crippen LogP contribution is 2.38. The number of hydrogen-bond donors (Lipinski definition) is 1. The average molecular weight is 325 g/mol. The van der Waals surface area contributed by atoms with Gasteiger partial charge in [-0.15, -0.1) is 0 Å². The molecule has 2 aromatic rings. The van der Waals surface area contributed by atoms with Crippen LogP contribution in [0.25, 0.3) is 0 Å². The largest absolute Gasteiger partial charge is 0.486 e. The molecule has 0 radical (unpaired) electrons. The fourth-order valence-electron chi connectivity index (χ4n) is 2.32. The molecule has 0 amide bonds. The highest BCUT2D eigenvalue weighted by Gasteiger charge is 2.20. The molecule has 3 rings (SSSR count). The fourth-order valence-corrected chi connectivity index (χ4v) is 2.81. The van der Waals surface area contributed by atoms with Gasteiger partial charge in [0.25, 0.3) is 0 Å². The Morgan fingerprint density at radius 3 is 2.38 bits per heavy atom. The number of aliphatic hydroxyl groups excluding tert-OH is 1. The van der Waals surface area contributed by atoms with Crippen LogP contribution < -0.4 is 9.47 Å². The molecule has 110 valence electrons. The number of rotatable bonds is 3. The standard InChI is InChI=1S/C16H14Cl2O3/c17-12-4-2-1-3-10(12)7-14(19)11-8-15-16(9-13(11)18)21-6-5-20-15/h1-4,8-9,14,19H,5-7H2. The van der Waals surface area contributed by atoms with Gasteiger partial charge in [-0.1, -0.05) is 41.4 Å². The number of benzene rings is 2. The monoisotopic (exact) mass is 324 g/mol. The first-order chi connectivity index (χ1) is 10.1. The topological polar surface area (TPSA) is 38.7 Å². The molecule has 2 aromatic carbocycles. The molecule has 3 nitrogen and oxygen atoms in total. The zero-order valence-electron chi connectivity index (χ0n) is 11.2. The van der Waals surface area contributed by atoms with Crippen molar-refractivity contribution in [2.45, 2.75) is 12.5 Å². The smallest absolute Gasteiger partial charge is 0.162 e. The van der Waals surface area contributed by atoms with Crippen LogP contribution >= 0.6 is 23.2 Å². The lowest BCUT2D eigenvalue weighted by Crippen LogP contribution is -2.16. The van der Waals surface area contributed by atoms with Crippen LogP contribution in [0.2, 0.25) is 10.0 Å². The van der Waals surface area contributed by atoms with Crippen molar-refractivity contribution in [3.63, 3.8) is 0 Å². The van der Waals surface area contributed by atoms with Gasteiger partial charge in [0.15, 0.2) is 11.5 Å². The van der Waals surface area contributed by atoms with E-state index in [-0.39, 0.29) is 0 Å². The summed E-state index contributed by atoms with van der Waals surface area (Å²) in [4.78, 5) is 0. The Bertz CT molecular complexity index is 658. The third kappa shape index (κ3) is 3.10. The second kappa shape index (κ2) is 6.14. The van der Waals surface area contributed by atoms with E-state index in [1.807, 2.05) is 18.2 Å². The summed E-state index contributed by atoms with van der Waals surface area (Å²) in [5.74, 6) is 1.22. The van der Waals surface area contributed by atoms with Crippen molar-refractivity contribution in [2.24, 2.45) is 0 Å². The number of halogens is 2. The Kier molecular flexibility index (Phi) is 4.24. The van der Waals surface area contributed by atoms with E-state index in [1.54, 1.807) is 18.2 Å². The third-order valence-electron chi connectivity index (χ3n) is 3.39. The third-order valence-corrected chi connectivity index (χ3v) is 4.09. The van der Waals surface area contributed by atoms with E-state index in [9.17, 15) is 5.11 Å². The minimum Gasteiger partial charge on any atom is -0.486 e. The zero-order valence-corrected chi connectivity index (χ0v) is 12.7. The van der Waals surface area contributed by atoms with Crippen LogP contribution in [0, 0.1) is 0 Å². The van der Waals surface area contributed by atoms with E-state index in [1.165, 1.54) is 0 Å². The zero-order chi connectivity index (χ0) is 14.8. The summed E-state index contributed by atoms with van der Waals surface area (Å²) >= 11 is 12.4. The summed E-state index contributed by atoms with van der Waals surface area (Å²) in [6.45, 7) is 1.000. The Hall–Kier alpha value is -1.42. The first-order valence-corrected chi connectivity index (χ1v) is 7.41. The molecule has 0 bridgehead atoms. The molecular weight excluding hydrogens is 311 g/mol. The van der Waals surface area contributed by atoms with Gasteiger partial charge in [0.2, 0.25) is 0 Å². The van der Waals surface area contributed by atoms with E-state index in [4.69, 9.17) is 32.7 Å². The minimum atomic E-state index is -0.756. The van der Waals surface area contributed by atoms with E-state index < -0.39 is 6.10 Å². The van der Waals surface area contributed by atoms with Gasteiger partial charge in [-0.2, -0.15) is 0 Å². The molecule has 1 aliphatic heterocycles. The molecule has 0 saturated carbocycles. The predicted molar refractivity (Wildman–Crippen MR) is 82.6 cm³/mol. The summed E-state index contributed by atoms with van der Waals surface area (Å²) in [5.41, 5.74) is 1.48. The number of fused-ring (bicyclic) bond motifs is 1.